The van der Waals surface area contributed by atoms with Crippen LogP contribution in [0.2, 0.25) is 10.0 Å². The van der Waals surface area contributed by atoms with Gasteiger partial charge in [-0.1, -0.05) is 23.2 Å². The monoisotopic (exact) mass is 350 g/mol. The van der Waals surface area contributed by atoms with Crippen LogP contribution in [-0.2, 0) is 11.2 Å². The van der Waals surface area contributed by atoms with E-state index in [0.29, 0.717) is 16.7 Å². The van der Waals surface area contributed by atoms with Gasteiger partial charge in [0.25, 0.3) is 0 Å². The number of fused-ring (bicyclic) bond motifs is 1. The standard InChI is InChI=1S/C17H16Cl2N2O2/c1-9-3-11(18)4-13(19)12(9)5-16(22)21-14-8-23-15-7-20-6-10(2)17(14)15/h3-4,6-7,14H,5,8H2,1-2H3,(H,21,22). The van der Waals surface area contributed by atoms with Gasteiger partial charge in [-0.25, -0.2) is 0 Å². The van der Waals surface area contributed by atoms with Gasteiger partial charge in [-0.15, -0.1) is 0 Å². The molecule has 1 atom stereocenters. The second-order valence-electron chi connectivity index (χ2n) is 5.66. The number of nitrogens with zero attached hydrogens (tertiary/aromatic N) is 1. The number of pyridine rings is 1. The van der Waals surface area contributed by atoms with E-state index in [1.165, 1.54) is 0 Å². The highest BCUT2D eigenvalue weighted by Crippen LogP contribution is 2.34. The maximum Gasteiger partial charge on any atom is 0.225 e. The number of amides is 1. The molecule has 1 aromatic carbocycles. The van der Waals surface area contributed by atoms with E-state index in [0.717, 1.165) is 28.0 Å². The molecule has 0 fully saturated rings. The Morgan fingerprint density at radius 3 is 2.83 bits per heavy atom. The number of rotatable bonds is 3. The molecule has 0 radical (unpaired) electrons. The van der Waals surface area contributed by atoms with Crippen LogP contribution in [0.1, 0.15) is 28.3 Å². The maximum atomic E-state index is 12.4. The first-order valence-corrected chi connectivity index (χ1v) is 8.02. The summed E-state index contributed by atoms with van der Waals surface area (Å²) in [5.74, 6) is 0.631. The van der Waals surface area contributed by atoms with Crippen LogP contribution in [0.3, 0.4) is 0 Å². The number of aryl methyl sites for hydroxylation is 2. The van der Waals surface area contributed by atoms with Gasteiger partial charge in [0.05, 0.1) is 18.7 Å². The molecule has 1 amide bonds. The average Bonchev–Trinajstić information content (AvgIpc) is 2.87. The van der Waals surface area contributed by atoms with E-state index >= 15 is 0 Å². The van der Waals surface area contributed by atoms with E-state index in [1.807, 2.05) is 13.8 Å². The number of aromatic nitrogens is 1. The number of hydrogen-bond acceptors (Lipinski definition) is 3. The van der Waals surface area contributed by atoms with Crippen LogP contribution in [0.15, 0.2) is 24.5 Å². The first-order valence-electron chi connectivity index (χ1n) is 7.27. The van der Waals surface area contributed by atoms with Crippen molar-refractivity contribution in [2.45, 2.75) is 26.3 Å². The van der Waals surface area contributed by atoms with E-state index < -0.39 is 0 Å². The highest BCUT2D eigenvalue weighted by atomic mass is 35.5. The number of halogens is 2. The highest BCUT2D eigenvalue weighted by molar-refractivity contribution is 6.35. The number of carbonyl (C=O) groups is 1. The van der Waals surface area contributed by atoms with Crippen molar-refractivity contribution in [2.75, 3.05) is 6.61 Å². The average molecular weight is 351 g/mol. The summed E-state index contributed by atoms with van der Waals surface area (Å²) >= 11 is 12.2. The maximum absolute atomic E-state index is 12.4. The van der Waals surface area contributed by atoms with Crippen LogP contribution in [0.25, 0.3) is 0 Å². The highest BCUT2D eigenvalue weighted by Gasteiger charge is 2.27. The summed E-state index contributed by atoms with van der Waals surface area (Å²) in [6.45, 7) is 4.27. The fraction of sp³-hybridized carbons (Fsp3) is 0.294. The minimum Gasteiger partial charge on any atom is -0.489 e. The van der Waals surface area contributed by atoms with Gasteiger partial charge in [0.15, 0.2) is 0 Å². The molecule has 2 heterocycles. The van der Waals surface area contributed by atoms with E-state index in [9.17, 15) is 4.79 Å². The molecule has 0 aliphatic carbocycles. The molecule has 4 nitrogen and oxygen atoms in total. The molecule has 0 saturated heterocycles. The predicted octanol–water partition coefficient (Wildman–Crippen LogP) is 3.80. The quantitative estimate of drug-likeness (QED) is 0.915. The van der Waals surface area contributed by atoms with Crippen molar-refractivity contribution in [1.29, 1.82) is 0 Å². The molecule has 0 saturated carbocycles. The zero-order chi connectivity index (χ0) is 16.6. The summed E-state index contributed by atoms with van der Waals surface area (Å²) in [5.41, 5.74) is 3.69. The fourth-order valence-corrected chi connectivity index (χ4v) is 3.51. The fourth-order valence-electron chi connectivity index (χ4n) is 2.84. The molecule has 2 aromatic rings. The van der Waals surface area contributed by atoms with Crippen LogP contribution in [-0.4, -0.2) is 17.5 Å². The van der Waals surface area contributed by atoms with Crippen molar-refractivity contribution >= 4 is 29.1 Å². The van der Waals surface area contributed by atoms with Crippen LogP contribution >= 0.6 is 23.2 Å². The number of nitrogens with one attached hydrogen (secondary N) is 1. The lowest BCUT2D eigenvalue weighted by Gasteiger charge is -2.15. The molecule has 120 valence electrons. The van der Waals surface area contributed by atoms with Crippen molar-refractivity contribution in [3.8, 4) is 5.75 Å². The number of ether oxygens (including phenoxy) is 1. The number of benzene rings is 1. The number of carbonyl (C=O) groups excluding carboxylic acids is 1. The molecule has 1 N–H and O–H groups in total. The minimum atomic E-state index is -0.160. The van der Waals surface area contributed by atoms with Crippen molar-refractivity contribution in [1.82, 2.24) is 10.3 Å². The van der Waals surface area contributed by atoms with Gasteiger partial charge >= 0.3 is 0 Å². The summed E-state index contributed by atoms with van der Waals surface area (Å²) in [6, 6.07) is 3.30. The van der Waals surface area contributed by atoms with Gasteiger partial charge in [0, 0.05) is 21.8 Å². The molecule has 1 aliphatic rings. The third kappa shape index (κ3) is 3.28. The molecule has 1 aromatic heterocycles. The normalized spacial score (nSPS) is 15.9. The van der Waals surface area contributed by atoms with Crippen molar-refractivity contribution in [3.05, 3.63) is 56.8 Å². The van der Waals surface area contributed by atoms with Gasteiger partial charge in [-0.2, -0.15) is 0 Å². The first kappa shape index (κ1) is 16.1. The molecular formula is C17H16Cl2N2O2. The van der Waals surface area contributed by atoms with Gasteiger partial charge in [-0.3, -0.25) is 9.78 Å². The molecule has 6 heteroatoms. The van der Waals surface area contributed by atoms with Gasteiger partial charge in [-0.05, 0) is 42.7 Å². The van der Waals surface area contributed by atoms with Crippen molar-refractivity contribution in [2.24, 2.45) is 0 Å². The summed E-state index contributed by atoms with van der Waals surface area (Å²) in [4.78, 5) is 16.5. The van der Waals surface area contributed by atoms with E-state index in [-0.39, 0.29) is 18.4 Å². The van der Waals surface area contributed by atoms with Gasteiger partial charge in [0.2, 0.25) is 5.91 Å². The molecule has 1 aliphatic heterocycles. The number of hydrogen-bond donors (Lipinski definition) is 1. The van der Waals surface area contributed by atoms with E-state index in [4.69, 9.17) is 27.9 Å². The summed E-state index contributed by atoms with van der Waals surface area (Å²) < 4.78 is 5.59. The molecule has 3 rings (SSSR count). The second kappa shape index (κ2) is 6.38. The Morgan fingerprint density at radius 1 is 1.30 bits per heavy atom. The molecule has 0 bridgehead atoms. The zero-order valence-electron chi connectivity index (χ0n) is 12.8. The zero-order valence-corrected chi connectivity index (χ0v) is 14.3. The van der Waals surface area contributed by atoms with Gasteiger partial charge < -0.3 is 10.1 Å². The Morgan fingerprint density at radius 2 is 2.09 bits per heavy atom. The largest absolute Gasteiger partial charge is 0.489 e. The Labute approximate surface area is 144 Å². The lowest BCUT2D eigenvalue weighted by molar-refractivity contribution is -0.121. The summed E-state index contributed by atoms with van der Waals surface area (Å²) in [6.07, 6.45) is 3.65. The smallest absolute Gasteiger partial charge is 0.225 e. The van der Waals surface area contributed by atoms with Crippen LogP contribution < -0.4 is 10.1 Å². The van der Waals surface area contributed by atoms with Crippen LogP contribution in [0.4, 0.5) is 0 Å². The Bertz CT molecular complexity index is 754. The SMILES string of the molecule is Cc1cc(Cl)cc(Cl)c1CC(=O)NC1COc2cncc(C)c21. The van der Waals surface area contributed by atoms with E-state index in [1.54, 1.807) is 24.5 Å². The van der Waals surface area contributed by atoms with E-state index in [2.05, 4.69) is 10.3 Å². The third-order valence-corrected chi connectivity index (χ3v) is 4.52. The molecule has 0 spiro atoms. The predicted molar refractivity (Wildman–Crippen MR) is 90.3 cm³/mol. The second-order valence-corrected chi connectivity index (χ2v) is 6.50. The van der Waals surface area contributed by atoms with Gasteiger partial charge in [0.1, 0.15) is 12.4 Å². The first-order chi connectivity index (χ1) is 11.0. The summed E-state index contributed by atoms with van der Waals surface area (Å²) in [7, 11) is 0. The topological polar surface area (TPSA) is 51.2 Å². The molecular weight excluding hydrogens is 335 g/mol. The van der Waals surface area contributed by atoms with Crippen molar-refractivity contribution in [3.63, 3.8) is 0 Å². The Kier molecular flexibility index (Phi) is 4.46. The van der Waals surface area contributed by atoms with Crippen molar-refractivity contribution < 1.29 is 9.53 Å². The Hall–Kier alpha value is -1.78. The van der Waals surface area contributed by atoms with Crippen LogP contribution in [0, 0.1) is 13.8 Å². The Balaban J connectivity index is 1.75. The lowest BCUT2D eigenvalue weighted by Crippen LogP contribution is -2.31. The third-order valence-electron chi connectivity index (χ3n) is 3.96. The molecule has 23 heavy (non-hydrogen) atoms. The molecule has 1 unspecified atom stereocenters. The summed E-state index contributed by atoms with van der Waals surface area (Å²) in [5, 5.41) is 4.09. The minimum absolute atomic E-state index is 0.102. The van der Waals surface area contributed by atoms with Crippen LogP contribution in [0.5, 0.6) is 5.75 Å². The lowest BCUT2D eigenvalue weighted by atomic mass is 10.0.